The van der Waals surface area contributed by atoms with Gasteiger partial charge in [0.05, 0.1) is 6.10 Å². The van der Waals surface area contributed by atoms with Crippen LogP contribution in [0, 0.1) is 6.92 Å². The number of rotatable bonds is 4. The molecule has 0 saturated carbocycles. The van der Waals surface area contributed by atoms with Gasteiger partial charge in [-0.15, -0.1) is 0 Å². The lowest BCUT2D eigenvalue weighted by Crippen LogP contribution is -2.32. The first-order chi connectivity index (χ1) is 8.97. The van der Waals surface area contributed by atoms with Gasteiger partial charge in [0.2, 0.25) is 0 Å². The van der Waals surface area contributed by atoms with Crippen molar-refractivity contribution in [1.29, 1.82) is 0 Å². The maximum atomic E-state index is 9.62. The topological polar surface area (TPSA) is 49.2 Å². The molecule has 0 amide bonds. The van der Waals surface area contributed by atoms with Crippen molar-refractivity contribution in [3.05, 3.63) is 17.6 Å². The molecule has 1 aliphatic rings. The number of aromatic nitrogens is 2. The SMILES string of the molecule is Cc1cc(N2CCC[C@@H]2C[C@@H](C)O)nc(C(C)C)n1. The standard InChI is InChI=1S/C15H25N3O/c1-10(2)15-16-11(3)8-14(17-15)18-7-5-6-13(18)9-12(4)19/h8,10,12-13,19H,5-7,9H2,1-4H3/t12-,13-/m1/s1. The van der Waals surface area contributed by atoms with Gasteiger partial charge in [-0.25, -0.2) is 9.97 Å². The van der Waals surface area contributed by atoms with Crippen LogP contribution in [0.5, 0.6) is 0 Å². The maximum Gasteiger partial charge on any atom is 0.133 e. The highest BCUT2D eigenvalue weighted by Crippen LogP contribution is 2.28. The van der Waals surface area contributed by atoms with E-state index in [2.05, 4.69) is 29.8 Å². The largest absolute Gasteiger partial charge is 0.393 e. The highest BCUT2D eigenvalue weighted by molar-refractivity contribution is 5.42. The third kappa shape index (κ3) is 3.44. The summed E-state index contributed by atoms with van der Waals surface area (Å²) in [4.78, 5) is 11.5. The van der Waals surface area contributed by atoms with Gasteiger partial charge in [0, 0.05) is 30.3 Å². The van der Waals surface area contributed by atoms with Crippen LogP contribution >= 0.6 is 0 Å². The Hall–Kier alpha value is -1.16. The zero-order valence-electron chi connectivity index (χ0n) is 12.4. The summed E-state index contributed by atoms with van der Waals surface area (Å²) in [6.07, 6.45) is 2.89. The van der Waals surface area contributed by atoms with E-state index in [0.717, 1.165) is 36.7 Å². The molecule has 1 N–H and O–H groups in total. The van der Waals surface area contributed by atoms with Gasteiger partial charge in [-0.3, -0.25) is 0 Å². The van der Waals surface area contributed by atoms with E-state index < -0.39 is 0 Å². The lowest BCUT2D eigenvalue weighted by Gasteiger charge is -2.27. The second kappa shape index (κ2) is 5.87. The molecule has 0 aliphatic carbocycles. The summed E-state index contributed by atoms with van der Waals surface area (Å²) in [6.45, 7) is 9.16. The summed E-state index contributed by atoms with van der Waals surface area (Å²) in [6, 6.07) is 2.47. The van der Waals surface area contributed by atoms with Gasteiger partial charge in [0.15, 0.2) is 0 Å². The van der Waals surface area contributed by atoms with Crippen LogP contribution in [0.15, 0.2) is 6.07 Å². The molecule has 2 rings (SSSR count). The van der Waals surface area contributed by atoms with Crippen molar-refractivity contribution in [2.24, 2.45) is 0 Å². The van der Waals surface area contributed by atoms with Crippen molar-refractivity contribution in [2.45, 2.75) is 65.0 Å². The number of hydrogen-bond acceptors (Lipinski definition) is 4. The normalized spacial score (nSPS) is 21.2. The fraction of sp³-hybridized carbons (Fsp3) is 0.733. The van der Waals surface area contributed by atoms with E-state index in [1.165, 1.54) is 6.42 Å². The van der Waals surface area contributed by atoms with Crippen LogP contribution in [0.1, 0.15) is 57.5 Å². The number of nitrogens with zero attached hydrogens (tertiary/aromatic N) is 3. The van der Waals surface area contributed by atoms with Crippen LogP contribution in [-0.2, 0) is 0 Å². The predicted octanol–water partition coefficient (Wildman–Crippen LogP) is 2.65. The highest BCUT2D eigenvalue weighted by atomic mass is 16.3. The molecule has 0 aromatic carbocycles. The summed E-state index contributed by atoms with van der Waals surface area (Å²) in [5.41, 5.74) is 1.02. The number of anilines is 1. The Morgan fingerprint density at radius 3 is 2.74 bits per heavy atom. The third-order valence-electron chi connectivity index (χ3n) is 3.66. The van der Waals surface area contributed by atoms with Crippen molar-refractivity contribution >= 4 is 5.82 Å². The molecule has 1 aromatic rings. The number of hydrogen-bond donors (Lipinski definition) is 1. The molecule has 0 spiro atoms. The lowest BCUT2D eigenvalue weighted by molar-refractivity contribution is 0.175. The van der Waals surface area contributed by atoms with Crippen LogP contribution in [0.4, 0.5) is 5.82 Å². The maximum absolute atomic E-state index is 9.62. The van der Waals surface area contributed by atoms with Crippen molar-refractivity contribution < 1.29 is 5.11 Å². The lowest BCUT2D eigenvalue weighted by atomic mass is 10.1. The van der Waals surface area contributed by atoms with Crippen LogP contribution in [-0.4, -0.2) is 33.8 Å². The van der Waals surface area contributed by atoms with Crippen molar-refractivity contribution in [2.75, 3.05) is 11.4 Å². The fourth-order valence-electron chi connectivity index (χ4n) is 2.76. The molecule has 1 aliphatic heterocycles. The van der Waals surface area contributed by atoms with Gasteiger partial charge in [-0.1, -0.05) is 13.8 Å². The summed E-state index contributed by atoms with van der Waals surface area (Å²) in [5.74, 6) is 2.29. The first-order valence-electron chi connectivity index (χ1n) is 7.27. The summed E-state index contributed by atoms with van der Waals surface area (Å²) < 4.78 is 0. The molecular weight excluding hydrogens is 238 g/mol. The molecule has 106 valence electrons. The molecule has 1 fully saturated rings. The van der Waals surface area contributed by atoms with Gasteiger partial charge in [0.25, 0.3) is 0 Å². The average molecular weight is 263 g/mol. The molecule has 2 atom stereocenters. The van der Waals surface area contributed by atoms with Crippen LogP contribution in [0.25, 0.3) is 0 Å². The summed E-state index contributed by atoms with van der Waals surface area (Å²) >= 11 is 0. The molecule has 4 heteroatoms. The van der Waals surface area contributed by atoms with Gasteiger partial charge in [-0.05, 0) is 33.1 Å². The number of aliphatic hydroxyl groups excluding tert-OH is 1. The van der Waals surface area contributed by atoms with Crippen LogP contribution < -0.4 is 4.90 Å². The molecule has 19 heavy (non-hydrogen) atoms. The molecule has 1 aromatic heterocycles. The van der Waals surface area contributed by atoms with Crippen molar-refractivity contribution in [3.63, 3.8) is 0 Å². The Bertz CT molecular complexity index is 431. The van der Waals surface area contributed by atoms with Crippen molar-refractivity contribution in [3.8, 4) is 0 Å². The summed E-state index contributed by atoms with van der Waals surface area (Å²) in [7, 11) is 0. The summed E-state index contributed by atoms with van der Waals surface area (Å²) in [5, 5.41) is 9.62. The van der Waals surface area contributed by atoms with Gasteiger partial charge < -0.3 is 10.0 Å². The molecule has 1 saturated heterocycles. The number of aliphatic hydroxyl groups is 1. The zero-order valence-corrected chi connectivity index (χ0v) is 12.4. The molecular formula is C15H25N3O. The minimum Gasteiger partial charge on any atom is -0.393 e. The molecule has 0 bridgehead atoms. The van der Waals surface area contributed by atoms with E-state index in [1.54, 1.807) is 0 Å². The number of aryl methyl sites for hydroxylation is 1. The third-order valence-corrected chi connectivity index (χ3v) is 3.66. The first-order valence-corrected chi connectivity index (χ1v) is 7.27. The molecule has 4 nitrogen and oxygen atoms in total. The Morgan fingerprint density at radius 2 is 2.11 bits per heavy atom. The molecule has 2 heterocycles. The predicted molar refractivity (Wildman–Crippen MR) is 77.5 cm³/mol. The Balaban J connectivity index is 2.25. The monoisotopic (exact) mass is 263 g/mol. The fourth-order valence-corrected chi connectivity index (χ4v) is 2.76. The van der Waals surface area contributed by atoms with Crippen molar-refractivity contribution in [1.82, 2.24) is 9.97 Å². The van der Waals surface area contributed by atoms with E-state index in [-0.39, 0.29) is 6.10 Å². The Kier molecular flexibility index (Phi) is 4.40. The smallest absolute Gasteiger partial charge is 0.133 e. The van der Waals surface area contributed by atoms with Crippen LogP contribution in [0.3, 0.4) is 0 Å². The average Bonchev–Trinajstić information content (AvgIpc) is 2.75. The van der Waals surface area contributed by atoms with Crippen LogP contribution in [0.2, 0.25) is 0 Å². The van der Waals surface area contributed by atoms with Gasteiger partial charge in [0.1, 0.15) is 11.6 Å². The van der Waals surface area contributed by atoms with Gasteiger partial charge >= 0.3 is 0 Å². The van der Waals surface area contributed by atoms with E-state index in [9.17, 15) is 5.11 Å². The van der Waals surface area contributed by atoms with E-state index >= 15 is 0 Å². The van der Waals surface area contributed by atoms with E-state index in [0.29, 0.717) is 12.0 Å². The second-order valence-electron chi connectivity index (χ2n) is 5.95. The second-order valence-corrected chi connectivity index (χ2v) is 5.95. The Labute approximate surface area is 115 Å². The Morgan fingerprint density at radius 1 is 1.37 bits per heavy atom. The minimum absolute atomic E-state index is 0.252. The first kappa shape index (κ1) is 14.3. The van der Waals surface area contributed by atoms with E-state index in [4.69, 9.17) is 4.98 Å². The van der Waals surface area contributed by atoms with E-state index in [1.807, 2.05) is 13.8 Å². The molecule has 0 unspecified atom stereocenters. The van der Waals surface area contributed by atoms with Gasteiger partial charge in [-0.2, -0.15) is 0 Å². The molecule has 0 radical (unpaired) electrons. The minimum atomic E-state index is -0.252. The highest BCUT2D eigenvalue weighted by Gasteiger charge is 2.27. The zero-order chi connectivity index (χ0) is 14.0. The quantitative estimate of drug-likeness (QED) is 0.907.